The largest absolute Gasteiger partial charge is 0.352 e. The summed E-state index contributed by atoms with van der Waals surface area (Å²) in [5.74, 6) is 0.231. The molecule has 0 saturated carbocycles. The van der Waals surface area contributed by atoms with Gasteiger partial charge in [-0.2, -0.15) is 12.6 Å². The Morgan fingerprint density at radius 1 is 1.54 bits per heavy atom. The highest BCUT2D eigenvalue weighted by molar-refractivity contribution is 7.91. The Hall–Kier alpha value is -0.230. The van der Waals surface area contributed by atoms with Gasteiger partial charge in [0.25, 0.3) is 0 Å². The molecule has 0 aromatic carbocycles. The normalized spacial score (nSPS) is 26.7. The van der Waals surface area contributed by atoms with Crippen LogP contribution >= 0.6 is 12.6 Å². The third kappa shape index (κ3) is 3.56. The van der Waals surface area contributed by atoms with Crippen LogP contribution in [0.25, 0.3) is 0 Å². The first-order valence-electron chi connectivity index (χ1n) is 4.14. The number of hydrogen-bond donors (Lipinski definition) is 2. The number of rotatable bonds is 2. The molecule has 0 aromatic heterocycles. The van der Waals surface area contributed by atoms with Gasteiger partial charge in [0.05, 0.1) is 17.3 Å². The standard InChI is InChI=1S/C7H13NO3S2/c9-7(4-12)8-6-2-1-3-13(10,11)5-6/h6,12H,1-5H2,(H,8,9). The molecule has 0 bridgehead atoms. The number of amides is 1. The van der Waals surface area contributed by atoms with E-state index < -0.39 is 9.84 Å². The van der Waals surface area contributed by atoms with Crippen LogP contribution in [0.4, 0.5) is 0 Å². The second-order valence-corrected chi connectivity index (χ2v) is 5.72. The van der Waals surface area contributed by atoms with E-state index in [2.05, 4.69) is 17.9 Å². The van der Waals surface area contributed by atoms with E-state index in [1.807, 2.05) is 0 Å². The van der Waals surface area contributed by atoms with Crippen LogP contribution in [0.3, 0.4) is 0 Å². The number of hydrogen-bond acceptors (Lipinski definition) is 4. The maximum Gasteiger partial charge on any atom is 0.229 e. The zero-order valence-corrected chi connectivity index (χ0v) is 8.90. The van der Waals surface area contributed by atoms with E-state index in [-0.39, 0.29) is 29.2 Å². The molecule has 1 atom stereocenters. The van der Waals surface area contributed by atoms with Crippen molar-refractivity contribution in [3.63, 3.8) is 0 Å². The van der Waals surface area contributed by atoms with Gasteiger partial charge in [0, 0.05) is 6.04 Å². The van der Waals surface area contributed by atoms with Gasteiger partial charge in [0.1, 0.15) is 0 Å². The van der Waals surface area contributed by atoms with Gasteiger partial charge in [-0.15, -0.1) is 0 Å². The molecule has 1 N–H and O–H groups in total. The summed E-state index contributed by atoms with van der Waals surface area (Å²) in [6.07, 6.45) is 1.39. The van der Waals surface area contributed by atoms with E-state index in [9.17, 15) is 13.2 Å². The third-order valence-corrected chi connectivity index (χ3v) is 4.08. The molecule has 0 aliphatic carbocycles. The number of thiol groups is 1. The fraction of sp³-hybridized carbons (Fsp3) is 0.857. The molecule has 0 radical (unpaired) electrons. The van der Waals surface area contributed by atoms with E-state index in [4.69, 9.17) is 0 Å². The lowest BCUT2D eigenvalue weighted by atomic mass is 10.2. The molecule has 1 rings (SSSR count). The minimum Gasteiger partial charge on any atom is -0.352 e. The second-order valence-electron chi connectivity index (χ2n) is 3.18. The first kappa shape index (κ1) is 10.8. The van der Waals surface area contributed by atoms with Crippen LogP contribution < -0.4 is 5.32 Å². The lowest BCUT2D eigenvalue weighted by Gasteiger charge is -2.22. The van der Waals surface area contributed by atoms with Crippen LogP contribution in [-0.4, -0.2) is 37.6 Å². The van der Waals surface area contributed by atoms with Crippen molar-refractivity contribution in [1.29, 1.82) is 0 Å². The number of nitrogens with one attached hydrogen (secondary N) is 1. The Labute approximate surface area is 83.4 Å². The first-order chi connectivity index (χ1) is 6.03. The van der Waals surface area contributed by atoms with Gasteiger partial charge in [-0.05, 0) is 12.8 Å². The van der Waals surface area contributed by atoms with Crippen molar-refractivity contribution in [1.82, 2.24) is 5.32 Å². The van der Waals surface area contributed by atoms with Gasteiger partial charge < -0.3 is 5.32 Å². The van der Waals surface area contributed by atoms with E-state index >= 15 is 0 Å². The molecule has 1 aliphatic rings. The molecule has 4 nitrogen and oxygen atoms in total. The summed E-state index contributed by atoms with van der Waals surface area (Å²) in [5.41, 5.74) is 0. The Balaban J connectivity index is 2.48. The second kappa shape index (κ2) is 4.32. The number of carbonyl (C=O) groups is 1. The molecule has 1 saturated heterocycles. The summed E-state index contributed by atoms with van der Waals surface area (Å²) >= 11 is 3.80. The lowest BCUT2D eigenvalue weighted by molar-refractivity contribution is -0.119. The fourth-order valence-electron chi connectivity index (χ4n) is 1.41. The predicted molar refractivity (Wildman–Crippen MR) is 53.7 cm³/mol. The van der Waals surface area contributed by atoms with E-state index in [1.165, 1.54) is 0 Å². The minimum atomic E-state index is -2.93. The predicted octanol–water partition coefficient (Wildman–Crippen LogP) is -0.390. The van der Waals surface area contributed by atoms with Gasteiger partial charge in [0.15, 0.2) is 9.84 Å². The van der Waals surface area contributed by atoms with Crippen LogP contribution in [0.15, 0.2) is 0 Å². The Bertz CT molecular complexity index is 286. The molecular weight excluding hydrogens is 210 g/mol. The lowest BCUT2D eigenvalue weighted by Crippen LogP contribution is -2.43. The smallest absolute Gasteiger partial charge is 0.229 e. The maximum atomic E-state index is 11.2. The Kier molecular flexibility index (Phi) is 3.61. The summed E-state index contributed by atoms with van der Waals surface area (Å²) in [6.45, 7) is 0. The first-order valence-corrected chi connectivity index (χ1v) is 6.59. The average molecular weight is 223 g/mol. The molecule has 6 heteroatoms. The van der Waals surface area contributed by atoms with Crippen molar-refractivity contribution in [2.24, 2.45) is 0 Å². The van der Waals surface area contributed by atoms with Crippen LogP contribution in [0.2, 0.25) is 0 Å². The van der Waals surface area contributed by atoms with E-state index in [1.54, 1.807) is 0 Å². The van der Waals surface area contributed by atoms with Gasteiger partial charge in [0.2, 0.25) is 5.91 Å². The van der Waals surface area contributed by atoms with Crippen molar-refractivity contribution < 1.29 is 13.2 Å². The van der Waals surface area contributed by atoms with Crippen molar-refractivity contribution in [3.05, 3.63) is 0 Å². The molecule has 13 heavy (non-hydrogen) atoms. The van der Waals surface area contributed by atoms with Gasteiger partial charge >= 0.3 is 0 Å². The van der Waals surface area contributed by atoms with E-state index in [0.717, 1.165) is 6.42 Å². The molecule has 0 spiro atoms. The molecule has 0 aromatic rings. The SMILES string of the molecule is O=C(CS)NC1CCCS(=O)(=O)C1. The zero-order chi connectivity index (χ0) is 9.90. The molecular formula is C7H13NO3S2. The van der Waals surface area contributed by atoms with E-state index in [0.29, 0.717) is 6.42 Å². The summed E-state index contributed by atoms with van der Waals surface area (Å²) in [4.78, 5) is 10.9. The molecule has 76 valence electrons. The molecule has 1 heterocycles. The van der Waals surface area contributed by atoms with Crippen molar-refractivity contribution in [2.75, 3.05) is 17.3 Å². The van der Waals surface area contributed by atoms with Crippen molar-refractivity contribution >= 4 is 28.4 Å². The third-order valence-electron chi connectivity index (χ3n) is 1.97. The van der Waals surface area contributed by atoms with Crippen molar-refractivity contribution in [3.8, 4) is 0 Å². The highest BCUT2D eigenvalue weighted by Gasteiger charge is 2.25. The van der Waals surface area contributed by atoms with Crippen LogP contribution in [-0.2, 0) is 14.6 Å². The number of carbonyl (C=O) groups excluding carboxylic acids is 1. The summed E-state index contributed by atoms with van der Waals surface area (Å²) < 4.78 is 22.3. The zero-order valence-electron chi connectivity index (χ0n) is 7.19. The van der Waals surface area contributed by atoms with Gasteiger partial charge in [-0.3, -0.25) is 4.79 Å². The Morgan fingerprint density at radius 3 is 2.77 bits per heavy atom. The monoisotopic (exact) mass is 223 g/mol. The quantitative estimate of drug-likeness (QED) is 0.627. The van der Waals surface area contributed by atoms with Crippen LogP contribution in [0.5, 0.6) is 0 Å². The van der Waals surface area contributed by atoms with Crippen LogP contribution in [0.1, 0.15) is 12.8 Å². The molecule has 1 amide bonds. The number of sulfone groups is 1. The summed E-state index contributed by atoms with van der Waals surface area (Å²) in [5, 5.41) is 2.63. The minimum absolute atomic E-state index is 0.0759. The van der Waals surface area contributed by atoms with Crippen LogP contribution in [0, 0.1) is 0 Å². The average Bonchev–Trinajstić information content (AvgIpc) is 2.02. The molecule has 1 aliphatic heterocycles. The highest BCUT2D eigenvalue weighted by atomic mass is 32.2. The maximum absolute atomic E-state index is 11.2. The van der Waals surface area contributed by atoms with Gasteiger partial charge in [-0.25, -0.2) is 8.42 Å². The molecule has 1 fully saturated rings. The van der Waals surface area contributed by atoms with Gasteiger partial charge in [-0.1, -0.05) is 0 Å². The fourth-order valence-corrected chi connectivity index (χ4v) is 3.14. The summed E-state index contributed by atoms with van der Waals surface area (Å²) in [7, 11) is -2.93. The Morgan fingerprint density at radius 2 is 2.23 bits per heavy atom. The topological polar surface area (TPSA) is 63.2 Å². The highest BCUT2D eigenvalue weighted by Crippen LogP contribution is 2.11. The van der Waals surface area contributed by atoms with Crippen molar-refractivity contribution in [2.45, 2.75) is 18.9 Å². The molecule has 1 unspecified atom stereocenters. The summed E-state index contributed by atoms with van der Waals surface area (Å²) in [6, 6.07) is -0.210.